The van der Waals surface area contributed by atoms with Crippen LogP contribution in [0.25, 0.3) is 0 Å². The number of rotatable bonds is 7. The third kappa shape index (κ3) is 5.94. The molecular weight excluding hydrogens is 366 g/mol. The van der Waals surface area contributed by atoms with Crippen molar-refractivity contribution < 1.29 is 19.1 Å². The normalized spacial score (nSPS) is 10.3. The van der Waals surface area contributed by atoms with E-state index in [0.29, 0.717) is 22.7 Å². The molecule has 0 unspecified atom stereocenters. The average Bonchev–Trinajstić information content (AvgIpc) is 2.67. The van der Waals surface area contributed by atoms with Gasteiger partial charge < -0.3 is 14.8 Å². The minimum atomic E-state index is -0.281. The van der Waals surface area contributed by atoms with Crippen LogP contribution in [0.5, 0.6) is 17.2 Å². The maximum atomic E-state index is 12.0. The lowest BCUT2D eigenvalue weighted by atomic mass is 10.1. The second-order valence-corrected chi connectivity index (χ2v) is 6.87. The number of carbonyl (C=O) groups is 2. The van der Waals surface area contributed by atoms with Crippen molar-refractivity contribution in [3.8, 4) is 17.2 Å². The molecular formula is C24H23NO4. The molecule has 0 radical (unpaired) electrons. The van der Waals surface area contributed by atoms with E-state index in [1.807, 2.05) is 26.0 Å². The molecule has 3 aromatic carbocycles. The van der Waals surface area contributed by atoms with Crippen molar-refractivity contribution in [3.63, 3.8) is 0 Å². The number of hydrogen-bond acceptors (Lipinski definition) is 4. The molecule has 0 aromatic heterocycles. The van der Waals surface area contributed by atoms with Crippen LogP contribution in [-0.2, 0) is 4.79 Å². The van der Waals surface area contributed by atoms with Crippen LogP contribution < -0.4 is 14.8 Å². The van der Waals surface area contributed by atoms with Gasteiger partial charge in [0.15, 0.2) is 12.4 Å². The number of benzene rings is 3. The van der Waals surface area contributed by atoms with Crippen LogP contribution in [0.15, 0.2) is 66.7 Å². The van der Waals surface area contributed by atoms with E-state index in [2.05, 4.69) is 11.4 Å². The summed E-state index contributed by atoms with van der Waals surface area (Å²) in [7, 11) is 0. The number of anilines is 1. The largest absolute Gasteiger partial charge is 0.484 e. The Morgan fingerprint density at radius 3 is 1.97 bits per heavy atom. The summed E-state index contributed by atoms with van der Waals surface area (Å²) >= 11 is 0. The molecule has 0 spiro atoms. The summed E-state index contributed by atoms with van der Waals surface area (Å²) in [6, 6.07) is 19.9. The summed E-state index contributed by atoms with van der Waals surface area (Å²) in [6.45, 7) is 5.43. The molecule has 0 aliphatic carbocycles. The SMILES string of the molecule is CC(=O)c1ccc(NC(=O)COc2ccc(Oc3cc(C)cc(C)c3)cc2)cc1. The van der Waals surface area contributed by atoms with Crippen molar-refractivity contribution >= 4 is 17.4 Å². The zero-order valence-corrected chi connectivity index (χ0v) is 16.7. The van der Waals surface area contributed by atoms with E-state index in [1.165, 1.54) is 6.92 Å². The Kier molecular flexibility index (Phi) is 6.29. The Balaban J connectivity index is 1.51. The van der Waals surface area contributed by atoms with Crippen LogP contribution in [0.1, 0.15) is 28.4 Å². The highest BCUT2D eigenvalue weighted by molar-refractivity contribution is 5.95. The molecule has 5 nitrogen and oxygen atoms in total. The first-order valence-corrected chi connectivity index (χ1v) is 9.29. The van der Waals surface area contributed by atoms with Gasteiger partial charge >= 0.3 is 0 Å². The van der Waals surface area contributed by atoms with Crippen LogP contribution in [0.4, 0.5) is 5.69 Å². The number of amides is 1. The fourth-order valence-corrected chi connectivity index (χ4v) is 2.87. The zero-order chi connectivity index (χ0) is 20.8. The molecule has 0 atom stereocenters. The van der Waals surface area contributed by atoms with E-state index in [0.717, 1.165) is 16.9 Å². The van der Waals surface area contributed by atoms with Crippen LogP contribution in [0, 0.1) is 13.8 Å². The van der Waals surface area contributed by atoms with Gasteiger partial charge in [0.25, 0.3) is 5.91 Å². The number of hydrogen-bond donors (Lipinski definition) is 1. The Bertz CT molecular complexity index is 988. The van der Waals surface area contributed by atoms with Gasteiger partial charge in [-0.15, -0.1) is 0 Å². The summed E-state index contributed by atoms with van der Waals surface area (Å²) in [6.07, 6.45) is 0. The van der Waals surface area contributed by atoms with E-state index in [-0.39, 0.29) is 18.3 Å². The molecule has 1 amide bonds. The van der Waals surface area contributed by atoms with Gasteiger partial charge in [-0.1, -0.05) is 6.07 Å². The van der Waals surface area contributed by atoms with E-state index in [4.69, 9.17) is 9.47 Å². The van der Waals surface area contributed by atoms with Gasteiger partial charge in [0.2, 0.25) is 0 Å². The Morgan fingerprint density at radius 2 is 1.38 bits per heavy atom. The zero-order valence-electron chi connectivity index (χ0n) is 16.7. The van der Waals surface area contributed by atoms with Crippen molar-refractivity contribution in [2.75, 3.05) is 11.9 Å². The molecule has 29 heavy (non-hydrogen) atoms. The van der Waals surface area contributed by atoms with E-state index < -0.39 is 0 Å². The number of Topliss-reactive ketones (excluding diaryl/α,β-unsaturated/α-hetero) is 1. The summed E-state index contributed by atoms with van der Waals surface area (Å²) in [5.41, 5.74) is 3.49. The molecule has 0 aliphatic rings. The van der Waals surface area contributed by atoms with Gasteiger partial charge in [0.1, 0.15) is 17.2 Å². The third-order valence-corrected chi connectivity index (χ3v) is 4.20. The number of carbonyl (C=O) groups excluding carboxylic acids is 2. The fraction of sp³-hybridized carbons (Fsp3) is 0.167. The maximum Gasteiger partial charge on any atom is 0.262 e. The predicted octanol–water partition coefficient (Wildman–Crippen LogP) is 5.32. The lowest BCUT2D eigenvalue weighted by Gasteiger charge is -2.10. The number of aryl methyl sites for hydroxylation is 2. The quantitative estimate of drug-likeness (QED) is 0.556. The smallest absolute Gasteiger partial charge is 0.262 e. The second-order valence-electron chi connectivity index (χ2n) is 6.87. The lowest BCUT2D eigenvalue weighted by Crippen LogP contribution is -2.20. The Labute approximate surface area is 170 Å². The number of ketones is 1. The molecule has 5 heteroatoms. The standard InChI is InChI=1S/C24H23NO4/c1-16-12-17(2)14-23(13-16)29-22-10-8-21(9-11-22)28-15-24(27)25-20-6-4-19(5-7-20)18(3)26/h4-14H,15H2,1-3H3,(H,25,27). The molecule has 0 saturated carbocycles. The molecule has 3 aromatic rings. The van der Waals surface area contributed by atoms with Crippen molar-refractivity contribution in [2.24, 2.45) is 0 Å². The average molecular weight is 389 g/mol. The molecule has 0 saturated heterocycles. The van der Waals surface area contributed by atoms with Crippen LogP contribution in [-0.4, -0.2) is 18.3 Å². The van der Waals surface area contributed by atoms with Crippen LogP contribution in [0.3, 0.4) is 0 Å². The minimum absolute atomic E-state index is 0.0174. The molecule has 0 aliphatic heterocycles. The van der Waals surface area contributed by atoms with E-state index in [1.54, 1.807) is 48.5 Å². The Morgan fingerprint density at radius 1 is 0.793 bits per heavy atom. The third-order valence-electron chi connectivity index (χ3n) is 4.20. The summed E-state index contributed by atoms with van der Waals surface area (Å²) in [5, 5.41) is 2.73. The molecule has 0 bridgehead atoms. The first-order valence-electron chi connectivity index (χ1n) is 9.29. The maximum absolute atomic E-state index is 12.0. The van der Waals surface area contributed by atoms with Gasteiger partial charge in [-0.05, 0) is 92.6 Å². The van der Waals surface area contributed by atoms with E-state index >= 15 is 0 Å². The highest BCUT2D eigenvalue weighted by Gasteiger charge is 2.06. The predicted molar refractivity (Wildman–Crippen MR) is 113 cm³/mol. The fourth-order valence-electron chi connectivity index (χ4n) is 2.87. The van der Waals surface area contributed by atoms with Gasteiger partial charge in [-0.25, -0.2) is 0 Å². The summed E-state index contributed by atoms with van der Waals surface area (Å²) in [4.78, 5) is 23.3. The summed E-state index contributed by atoms with van der Waals surface area (Å²) < 4.78 is 11.4. The summed E-state index contributed by atoms with van der Waals surface area (Å²) in [5.74, 6) is 1.75. The van der Waals surface area contributed by atoms with Gasteiger partial charge in [-0.2, -0.15) is 0 Å². The van der Waals surface area contributed by atoms with Crippen LogP contribution in [0.2, 0.25) is 0 Å². The molecule has 0 fully saturated rings. The first-order chi connectivity index (χ1) is 13.9. The first kappa shape index (κ1) is 20.1. The van der Waals surface area contributed by atoms with Crippen molar-refractivity contribution in [1.82, 2.24) is 0 Å². The van der Waals surface area contributed by atoms with Crippen LogP contribution >= 0.6 is 0 Å². The topological polar surface area (TPSA) is 64.6 Å². The highest BCUT2D eigenvalue weighted by Crippen LogP contribution is 2.25. The van der Waals surface area contributed by atoms with Crippen molar-refractivity contribution in [2.45, 2.75) is 20.8 Å². The van der Waals surface area contributed by atoms with Gasteiger partial charge in [0, 0.05) is 11.3 Å². The van der Waals surface area contributed by atoms with E-state index in [9.17, 15) is 9.59 Å². The minimum Gasteiger partial charge on any atom is -0.484 e. The monoisotopic (exact) mass is 389 g/mol. The van der Waals surface area contributed by atoms with Crippen molar-refractivity contribution in [3.05, 3.63) is 83.4 Å². The highest BCUT2D eigenvalue weighted by atomic mass is 16.5. The van der Waals surface area contributed by atoms with Crippen molar-refractivity contribution in [1.29, 1.82) is 0 Å². The number of ether oxygens (including phenoxy) is 2. The van der Waals surface area contributed by atoms with Gasteiger partial charge in [0.05, 0.1) is 0 Å². The molecule has 148 valence electrons. The lowest BCUT2D eigenvalue weighted by molar-refractivity contribution is -0.118. The second kappa shape index (κ2) is 9.06. The molecule has 0 heterocycles. The van der Waals surface area contributed by atoms with Gasteiger partial charge in [-0.3, -0.25) is 9.59 Å². The molecule has 3 rings (SSSR count). The number of nitrogens with one attached hydrogen (secondary N) is 1. The molecule has 1 N–H and O–H groups in total. The Hall–Kier alpha value is -3.60.